The van der Waals surface area contributed by atoms with E-state index in [9.17, 15) is 0 Å². The fourth-order valence-electron chi connectivity index (χ4n) is 0.690. The second kappa shape index (κ2) is 2.12. The van der Waals surface area contributed by atoms with Crippen LogP contribution in [0.2, 0.25) is 0 Å². The molecule has 0 aromatic rings. The first-order valence-electron chi connectivity index (χ1n) is 2.60. The lowest BCUT2D eigenvalue weighted by molar-refractivity contribution is 0.404. The molecule has 1 radical (unpaired) electrons. The van der Waals surface area contributed by atoms with E-state index in [4.69, 9.17) is 0 Å². The lowest BCUT2D eigenvalue weighted by atomic mass is 10.3. The molecule has 7 heavy (non-hydrogen) atoms. The SMILES string of the molecule is [CH2]N1CC=CCC1. The van der Waals surface area contributed by atoms with Crippen LogP contribution >= 0.6 is 0 Å². The van der Waals surface area contributed by atoms with Crippen molar-refractivity contribution in [1.29, 1.82) is 0 Å². The first kappa shape index (κ1) is 4.85. The molecule has 1 heterocycles. The summed E-state index contributed by atoms with van der Waals surface area (Å²) >= 11 is 0. The number of rotatable bonds is 0. The average molecular weight is 96.2 g/mol. The zero-order chi connectivity index (χ0) is 5.11. The highest BCUT2D eigenvalue weighted by Crippen LogP contribution is 1.96. The second-order valence-corrected chi connectivity index (χ2v) is 1.84. The van der Waals surface area contributed by atoms with E-state index < -0.39 is 0 Å². The summed E-state index contributed by atoms with van der Waals surface area (Å²) in [5.41, 5.74) is 0. The smallest absolute Gasteiger partial charge is 0.0163 e. The molecule has 0 bridgehead atoms. The molecule has 1 nitrogen and oxygen atoms in total. The maximum Gasteiger partial charge on any atom is 0.0163 e. The standard InChI is InChI=1S/C6H10N/c1-7-5-3-2-4-6-7/h2-3H,1,4-6H2. The van der Waals surface area contributed by atoms with Crippen LogP contribution in [0.4, 0.5) is 0 Å². The van der Waals surface area contributed by atoms with Gasteiger partial charge in [-0.25, -0.2) is 0 Å². The Morgan fingerprint density at radius 3 is 2.57 bits per heavy atom. The number of hydrogen-bond donors (Lipinski definition) is 0. The Hall–Kier alpha value is -0.300. The molecule has 1 aliphatic rings. The van der Waals surface area contributed by atoms with Gasteiger partial charge in [-0.3, -0.25) is 4.90 Å². The normalized spacial score (nSPS) is 23.0. The van der Waals surface area contributed by atoms with Crippen molar-refractivity contribution in [2.24, 2.45) is 0 Å². The summed E-state index contributed by atoms with van der Waals surface area (Å²) in [6.07, 6.45) is 5.52. The van der Waals surface area contributed by atoms with Crippen molar-refractivity contribution in [1.82, 2.24) is 4.90 Å². The van der Waals surface area contributed by atoms with Crippen molar-refractivity contribution in [3.05, 3.63) is 19.2 Å². The molecule has 0 spiro atoms. The van der Waals surface area contributed by atoms with Crippen molar-refractivity contribution >= 4 is 0 Å². The summed E-state index contributed by atoms with van der Waals surface area (Å²) in [5.74, 6) is 0. The molecule has 1 rings (SSSR count). The van der Waals surface area contributed by atoms with Crippen LogP contribution in [-0.4, -0.2) is 18.0 Å². The predicted octanol–water partition coefficient (Wildman–Crippen LogP) is 1.04. The lowest BCUT2D eigenvalue weighted by Crippen LogP contribution is -2.19. The Morgan fingerprint density at radius 1 is 1.43 bits per heavy atom. The summed E-state index contributed by atoms with van der Waals surface area (Å²) in [7, 11) is 3.78. The average Bonchev–Trinajstić information content (AvgIpc) is 1.69. The van der Waals surface area contributed by atoms with Crippen molar-refractivity contribution in [2.75, 3.05) is 13.1 Å². The van der Waals surface area contributed by atoms with Crippen LogP contribution in [0, 0.1) is 7.05 Å². The van der Waals surface area contributed by atoms with Crippen LogP contribution in [0.5, 0.6) is 0 Å². The van der Waals surface area contributed by atoms with E-state index >= 15 is 0 Å². The molecule has 0 saturated heterocycles. The third-order valence-electron chi connectivity index (χ3n) is 1.14. The minimum Gasteiger partial charge on any atom is -0.298 e. The topological polar surface area (TPSA) is 3.24 Å². The van der Waals surface area contributed by atoms with E-state index in [1.54, 1.807) is 0 Å². The summed E-state index contributed by atoms with van der Waals surface area (Å²) in [5, 5.41) is 0. The van der Waals surface area contributed by atoms with E-state index in [2.05, 4.69) is 24.1 Å². The van der Waals surface area contributed by atoms with E-state index in [0.717, 1.165) is 13.1 Å². The molecule has 0 atom stereocenters. The van der Waals surface area contributed by atoms with E-state index in [0.29, 0.717) is 0 Å². The molecule has 1 heteroatoms. The third kappa shape index (κ3) is 1.32. The highest BCUT2D eigenvalue weighted by molar-refractivity contribution is 4.90. The molecule has 0 aromatic heterocycles. The Morgan fingerprint density at radius 2 is 2.29 bits per heavy atom. The molecule has 0 fully saturated rings. The van der Waals surface area contributed by atoms with Crippen LogP contribution in [0.1, 0.15) is 6.42 Å². The molecule has 0 aromatic carbocycles. The zero-order valence-electron chi connectivity index (χ0n) is 4.43. The van der Waals surface area contributed by atoms with E-state index in [1.165, 1.54) is 6.42 Å². The van der Waals surface area contributed by atoms with Gasteiger partial charge in [-0.15, -0.1) is 0 Å². The van der Waals surface area contributed by atoms with E-state index in [-0.39, 0.29) is 0 Å². The maximum atomic E-state index is 3.78. The van der Waals surface area contributed by atoms with Crippen LogP contribution < -0.4 is 0 Å². The second-order valence-electron chi connectivity index (χ2n) is 1.84. The number of nitrogens with zero attached hydrogens (tertiary/aromatic N) is 1. The van der Waals surface area contributed by atoms with Crippen LogP contribution in [0.3, 0.4) is 0 Å². The minimum absolute atomic E-state index is 1.03. The first-order chi connectivity index (χ1) is 3.39. The third-order valence-corrected chi connectivity index (χ3v) is 1.14. The van der Waals surface area contributed by atoms with Gasteiger partial charge in [0.15, 0.2) is 0 Å². The Balaban J connectivity index is 2.32. The largest absolute Gasteiger partial charge is 0.298 e. The highest BCUT2D eigenvalue weighted by Gasteiger charge is 1.95. The minimum atomic E-state index is 1.03. The molecular formula is C6H10N. The summed E-state index contributed by atoms with van der Waals surface area (Å²) < 4.78 is 0. The van der Waals surface area contributed by atoms with Gasteiger partial charge in [-0.2, -0.15) is 0 Å². The van der Waals surface area contributed by atoms with Crippen LogP contribution in [-0.2, 0) is 0 Å². The monoisotopic (exact) mass is 96.1 g/mol. The van der Waals surface area contributed by atoms with Gasteiger partial charge in [0.25, 0.3) is 0 Å². The zero-order valence-corrected chi connectivity index (χ0v) is 4.43. The molecule has 0 saturated carbocycles. The Kier molecular flexibility index (Phi) is 1.47. The Bertz CT molecular complexity index is 76.2. The van der Waals surface area contributed by atoms with Crippen molar-refractivity contribution in [3.8, 4) is 0 Å². The van der Waals surface area contributed by atoms with Gasteiger partial charge in [-0.05, 0) is 6.42 Å². The van der Waals surface area contributed by atoms with Gasteiger partial charge in [0.2, 0.25) is 0 Å². The summed E-state index contributed by atoms with van der Waals surface area (Å²) in [6, 6.07) is 0. The molecule has 39 valence electrons. The molecule has 0 unspecified atom stereocenters. The fraction of sp³-hybridized carbons (Fsp3) is 0.500. The quantitative estimate of drug-likeness (QED) is 0.407. The van der Waals surface area contributed by atoms with Crippen molar-refractivity contribution in [3.63, 3.8) is 0 Å². The van der Waals surface area contributed by atoms with Crippen molar-refractivity contribution in [2.45, 2.75) is 6.42 Å². The van der Waals surface area contributed by atoms with Gasteiger partial charge in [0.1, 0.15) is 0 Å². The number of hydrogen-bond acceptors (Lipinski definition) is 1. The molecular weight excluding hydrogens is 86.1 g/mol. The van der Waals surface area contributed by atoms with Crippen molar-refractivity contribution < 1.29 is 0 Å². The van der Waals surface area contributed by atoms with E-state index in [1.807, 2.05) is 0 Å². The van der Waals surface area contributed by atoms with Gasteiger partial charge in [0, 0.05) is 20.1 Å². The maximum absolute atomic E-state index is 3.78. The van der Waals surface area contributed by atoms with Gasteiger partial charge in [0.05, 0.1) is 0 Å². The molecule has 0 N–H and O–H groups in total. The van der Waals surface area contributed by atoms with Gasteiger partial charge < -0.3 is 0 Å². The van der Waals surface area contributed by atoms with Crippen LogP contribution in [0.25, 0.3) is 0 Å². The molecule has 0 amide bonds. The predicted molar refractivity (Wildman–Crippen MR) is 30.7 cm³/mol. The Labute approximate surface area is 44.6 Å². The summed E-state index contributed by atoms with van der Waals surface area (Å²) in [6.45, 7) is 2.15. The molecule has 0 aliphatic carbocycles. The van der Waals surface area contributed by atoms with Gasteiger partial charge in [-0.1, -0.05) is 12.2 Å². The fourth-order valence-corrected chi connectivity index (χ4v) is 0.690. The molecule has 1 aliphatic heterocycles. The highest BCUT2D eigenvalue weighted by atomic mass is 15.1. The van der Waals surface area contributed by atoms with Crippen LogP contribution in [0.15, 0.2) is 12.2 Å². The van der Waals surface area contributed by atoms with Gasteiger partial charge >= 0.3 is 0 Å². The summed E-state index contributed by atoms with van der Waals surface area (Å²) in [4.78, 5) is 2.06. The first-order valence-corrected chi connectivity index (χ1v) is 2.60. The lowest BCUT2D eigenvalue weighted by Gasteiger charge is -2.15.